The van der Waals surface area contributed by atoms with Crippen molar-refractivity contribution in [3.8, 4) is 0 Å². The molecule has 8 heteroatoms. The first-order valence-electron chi connectivity index (χ1n) is 9.68. The van der Waals surface area contributed by atoms with Crippen LogP contribution in [0.5, 0.6) is 0 Å². The minimum Gasteiger partial charge on any atom is -0.355 e. The lowest BCUT2D eigenvalue weighted by Crippen LogP contribution is -2.41. The molecule has 1 aliphatic rings. The average Bonchev–Trinajstić information content (AvgIpc) is 2.74. The fourth-order valence-electron chi connectivity index (χ4n) is 3.46. The highest BCUT2D eigenvalue weighted by Crippen LogP contribution is 2.24. The molecule has 3 rings (SSSR count). The van der Waals surface area contributed by atoms with Gasteiger partial charge in [-0.15, -0.1) is 0 Å². The van der Waals surface area contributed by atoms with Crippen molar-refractivity contribution in [2.45, 2.75) is 19.8 Å². The van der Waals surface area contributed by atoms with Crippen LogP contribution in [0.2, 0.25) is 0 Å². The number of hydrogen-bond acceptors (Lipinski definition) is 3. The van der Waals surface area contributed by atoms with Crippen LogP contribution < -0.4 is 10.6 Å². The minimum absolute atomic E-state index is 0.180. The average molecular weight is 415 g/mol. The predicted octanol–water partition coefficient (Wildman–Crippen LogP) is 3.12. The summed E-state index contributed by atoms with van der Waals surface area (Å²) in [5, 5.41) is 5.41. The van der Waals surface area contributed by atoms with Crippen LogP contribution >= 0.6 is 0 Å². The molecule has 0 spiro atoms. The molecule has 30 heavy (non-hydrogen) atoms. The fourth-order valence-corrected chi connectivity index (χ4v) is 3.46. The molecule has 0 atom stereocenters. The number of amides is 3. The van der Waals surface area contributed by atoms with Crippen LogP contribution in [-0.2, 0) is 4.79 Å². The molecule has 1 fully saturated rings. The normalized spacial score (nSPS) is 14.3. The molecule has 0 aliphatic carbocycles. The minimum atomic E-state index is -0.897. The summed E-state index contributed by atoms with van der Waals surface area (Å²) in [6, 6.07) is 7.94. The van der Waals surface area contributed by atoms with Gasteiger partial charge in [-0.05, 0) is 49.6 Å². The van der Waals surface area contributed by atoms with Gasteiger partial charge < -0.3 is 15.5 Å². The molecule has 2 N–H and O–H groups in total. The molecule has 0 radical (unpaired) electrons. The van der Waals surface area contributed by atoms with Gasteiger partial charge in [0.15, 0.2) is 0 Å². The number of carbonyl (C=O) groups excluding carboxylic acids is 3. The molecule has 1 heterocycles. The number of carbonyl (C=O) groups is 3. The Balaban J connectivity index is 1.62. The van der Waals surface area contributed by atoms with Crippen molar-refractivity contribution in [2.24, 2.45) is 5.92 Å². The van der Waals surface area contributed by atoms with Gasteiger partial charge in [0.25, 0.3) is 11.8 Å². The van der Waals surface area contributed by atoms with Gasteiger partial charge in [-0.3, -0.25) is 14.4 Å². The first-order chi connectivity index (χ1) is 14.3. The van der Waals surface area contributed by atoms with Crippen LogP contribution in [-0.4, -0.2) is 42.8 Å². The summed E-state index contributed by atoms with van der Waals surface area (Å²) in [6.07, 6.45) is 0.850. The van der Waals surface area contributed by atoms with Gasteiger partial charge >= 0.3 is 0 Å². The largest absolute Gasteiger partial charge is 0.355 e. The number of halogens is 2. The van der Waals surface area contributed by atoms with Crippen molar-refractivity contribution in [3.05, 3.63) is 64.7 Å². The van der Waals surface area contributed by atoms with E-state index in [1.165, 1.54) is 11.9 Å². The lowest BCUT2D eigenvalue weighted by Gasteiger charge is -2.31. The van der Waals surface area contributed by atoms with Crippen molar-refractivity contribution in [3.63, 3.8) is 0 Å². The molecule has 0 bridgehead atoms. The van der Waals surface area contributed by atoms with E-state index in [2.05, 4.69) is 10.6 Å². The molecule has 0 saturated carbocycles. The summed E-state index contributed by atoms with van der Waals surface area (Å²) in [5.74, 6) is -2.89. The Bertz CT molecular complexity index is 986. The summed E-state index contributed by atoms with van der Waals surface area (Å²) in [5.41, 5.74) is 1.66. The van der Waals surface area contributed by atoms with E-state index in [1.54, 1.807) is 18.2 Å². The van der Waals surface area contributed by atoms with E-state index < -0.39 is 17.5 Å². The van der Waals surface area contributed by atoms with Gasteiger partial charge in [0.1, 0.15) is 11.6 Å². The summed E-state index contributed by atoms with van der Waals surface area (Å²) >= 11 is 0. The van der Waals surface area contributed by atoms with Crippen LogP contribution in [0.3, 0.4) is 0 Å². The molecule has 1 saturated heterocycles. The smallest absolute Gasteiger partial charge is 0.256 e. The number of benzene rings is 2. The summed E-state index contributed by atoms with van der Waals surface area (Å²) in [6.45, 7) is 2.43. The lowest BCUT2D eigenvalue weighted by molar-refractivity contribution is -0.121. The molecular weight excluding hydrogens is 392 g/mol. The molecule has 2 aromatic rings. The maximum Gasteiger partial charge on any atom is 0.256 e. The van der Waals surface area contributed by atoms with Crippen LogP contribution in [0.4, 0.5) is 14.5 Å². The van der Waals surface area contributed by atoms with Crippen LogP contribution in [0.25, 0.3) is 0 Å². The van der Waals surface area contributed by atoms with Gasteiger partial charge in [-0.25, -0.2) is 8.78 Å². The Morgan fingerprint density at radius 1 is 1.03 bits per heavy atom. The van der Waals surface area contributed by atoms with Crippen molar-refractivity contribution in [1.29, 1.82) is 0 Å². The zero-order valence-corrected chi connectivity index (χ0v) is 16.8. The van der Waals surface area contributed by atoms with E-state index in [4.69, 9.17) is 0 Å². The summed E-state index contributed by atoms with van der Waals surface area (Å²) < 4.78 is 26.9. The Hall–Kier alpha value is -3.29. The molecular formula is C22H23F2N3O3. The third kappa shape index (κ3) is 4.64. The van der Waals surface area contributed by atoms with E-state index in [9.17, 15) is 23.2 Å². The number of likely N-dealkylation sites (tertiary alicyclic amines) is 1. The third-order valence-electron chi connectivity index (χ3n) is 5.30. The molecule has 158 valence electrons. The SMILES string of the molecule is CNC(=O)c1ccc(C)c(NC(=O)C2CCN(C(=O)c3ccc(F)cc3F)CC2)c1. The van der Waals surface area contributed by atoms with Crippen molar-refractivity contribution < 1.29 is 23.2 Å². The highest BCUT2D eigenvalue weighted by molar-refractivity contribution is 5.98. The standard InChI is InChI=1S/C22H23F2N3O3/c1-13-3-4-15(20(28)25-2)11-19(13)26-21(29)14-7-9-27(10-8-14)22(30)17-6-5-16(23)12-18(17)24/h3-6,11-12,14H,7-10H2,1-2H3,(H,25,28)(H,26,29). The van der Waals surface area contributed by atoms with Crippen LogP contribution in [0, 0.1) is 24.5 Å². The molecule has 6 nitrogen and oxygen atoms in total. The maximum atomic E-state index is 13.9. The molecule has 3 amide bonds. The summed E-state index contributed by atoms with van der Waals surface area (Å²) in [4.78, 5) is 38.5. The zero-order valence-electron chi connectivity index (χ0n) is 16.8. The zero-order chi connectivity index (χ0) is 21.8. The van der Waals surface area contributed by atoms with Gasteiger partial charge in [-0.2, -0.15) is 0 Å². The van der Waals surface area contributed by atoms with E-state index in [-0.39, 0.29) is 23.3 Å². The predicted molar refractivity (Wildman–Crippen MR) is 108 cm³/mol. The molecule has 0 unspecified atom stereocenters. The number of nitrogens with zero attached hydrogens (tertiary/aromatic N) is 1. The lowest BCUT2D eigenvalue weighted by atomic mass is 9.95. The van der Waals surface area contributed by atoms with Crippen molar-refractivity contribution in [2.75, 3.05) is 25.5 Å². The van der Waals surface area contributed by atoms with E-state index in [0.717, 1.165) is 17.7 Å². The van der Waals surface area contributed by atoms with E-state index in [0.29, 0.717) is 43.2 Å². The number of anilines is 1. The van der Waals surface area contributed by atoms with Gasteiger partial charge in [0.05, 0.1) is 5.56 Å². The van der Waals surface area contributed by atoms with Crippen LogP contribution in [0.1, 0.15) is 39.1 Å². The highest BCUT2D eigenvalue weighted by atomic mass is 19.1. The third-order valence-corrected chi connectivity index (χ3v) is 5.30. The second-order valence-corrected chi connectivity index (χ2v) is 7.29. The van der Waals surface area contributed by atoms with Gasteiger partial charge in [0.2, 0.25) is 5.91 Å². The molecule has 1 aliphatic heterocycles. The topological polar surface area (TPSA) is 78.5 Å². The van der Waals surface area contributed by atoms with Crippen molar-refractivity contribution in [1.82, 2.24) is 10.2 Å². The summed E-state index contributed by atoms with van der Waals surface area (Å²) in [7, 11) is 1.54. The van der Waals surface area contributed by atoms with Gasteiger partial charge in [-0.1, -0.05) is 6.07 Å². The second kappa shape index (κ2) is 9.02. The fraction of sp³-hybridized carbons (Fsp3) is 0.318. The second-order valence-electron chi connectivity index (χ2n) is 7.29. The maximum absolute atomic E-state index is 13.9. The van der Waals surface area contributed by atoms with E-state index in [1.807, 2.05) is 6.92 Å². The first kappa shape index (κ1) is 21.4. The van der Waals surface area contributed by atoms with Crippen LogP contribution in [0.15, 0.2) is 36.4 Å². The number of aryl methyl sites for hydroxylation is 1. The van der Waals surface area contributed by atoms with E-state index >= 15 is 0 Å². The Labute approximate surface area is 173 Å². The first-order valence-corrected chi connectivity index (χ1v) is 9.68. The van der Waals surface area contributed by atoms with Crippen molar-refractivity contribution >= 4 is 23.4 Å². The molecule has 0 aromatic heterocycles. The molecule has 2 aromatic carbocycles. The highest BCUT2D eigenvalue weighted by Gasteiger charge is 2.29. The Morgan fingerprint density at radius 3 is 2.37 bits per heavy atom. The number of hydrogen-bond donors (Lipinski definition) is 2. The number of nitrogens with one attached hydrogen (secondary N) is 2. The number of rotatable bonds is 4. The van der Waals surface area contributed by atoms with Gasteiger partial charge in [0, 0.05) is 43.4 Å². The Kier molecular flexibility index (Phi) is 6.44. The quantitative estimate of drug-likeness (QED) is 0.806. The Morgan fingerprint density at radius 2 is 1.73 bits per heavy atom. The monoisotopic (exact) mass is 415 g/mol. The number of piperidine rings is 1.